The molecule has 0 radical (unpaired) electrons. The van der Waals surface area contributed by atoms with Crippen LogP contribution < -0.4 is 4.74 Å². The van der Waals surface area contributed by atoms with Gasteiger partial charge in [0.15, 0.2) is 11.5 Å². The summed E-state index contributed by atoms with van der Waals surface area (Å²) in [5, 5.41) is 7.63. The summed E-state index contributed by atoms with van der Waals surface area (Å²) in [6.45, 7) is 4.38. The maximum atomic E-state index is 12.3. The molecule has 0 N–H and O–H groups in total. The predicted molar refractivity (Wildman–Crippen MR) is 122 cm³/mol. The third kappa shape index (κ3) is 5.10. The Labute approximate surface area is 186 Å². The zero-order valence-corrected chi connectivity index (χ0v) is 17.8. The van der Waals surface area contributed by atoms with E-state index in [1.807, 2.05) is 86.6 Å². The summed E-state index contributed by atoms with van der Waals surface area (Å²) in [6.07, 6.45) is 1.43. The van der Waals surface area contributed by atoms with Gasteiger partial charge in [0.05, 0.1) is 6.21 Å². The summed E-state index contributed by atoms with van der Waals surface area (Å²) in [5.74, 6) is 0.431. The van der Waals surface area contributed by atoms with Gasteiger partial charge in [-0.3, -0.25) is 0 Å². The average molecular weight is 426 g/mol. The molecule has 4 rings (SSSR count). The van der Waals surface area contributed by atoms with Crippen LogP contribution in [0.5, 0.6) is 5.75 Å². The molecule has 0 bridgehead atoms. The number of carbonyl (C=O) groups excluding carboxylic acids is 1. The number of ether oxygens (including phenoxy) is 1. The van der Waals surface area contributed by atoms with E-state index in [1.54, 1.807) is 6.07 Å². The van der Waals surface area contributed by atoms with Gasteiger partial charge < -0.3 is 14.1 Å². The molecule has 1 aromatic heterocycles. The number of benzene rings is 3. The van der Waals surface area contributed by atoms with Crippen LogP contribution >= 0.6 is 0 Å². The number of hydrogen-bond acceptors (Lipinski definition) is 6. The number of hydrogen-bond donors (Lipinski definition) is 0. The molecule has 4 aromatic rings. The van der Waals surface area contributed by atoms with Crippen LogP contribution in [0.1, 0.15) is 32.7 Å². The third-order valence-corrected chi connectivity index (χ3v) is 4.86. The van der Waals surface area contributed by atoms with Gasteiger partial charge in [-0.2, -0.15) is 0 Å². The molecule has 1 heterocycles. The van der Waals surface area contributed by atoms with Crippen LogP contribution in [0, 0.1) is 13.8 Å². The van der Waals surface area contributed by atoms with Gasteiger partial charge >= 0.3 is 5.97 Å². The van der Waals surface area contributed by atoms with Crippen molar-refractivity contribution in [3.05, 3.63) is 107 Å². The molecule has 6 nitrogen and oxygen atoms in total. The Kier molecular flexibility index (Phi) is 6.41. The van der Waals surface area contributed by atoms with Crippen molar-refractivity contribution in [1.82, 2.24) is 5.16 Å². The lowest BCUT2D eigenvalue weighted by Gasteiger charge is -2.08. The summed E-state index contributed by atoms with van der Waals surface area (Å²) >= 11 is 0. The highest BCUT2D eigenvalue weighted by atomic mass is 16.7. The molecule has 0 saturated carbocycles. The number of nitrogens with zero attached hydrogens (tertiary/aromatic N) is 2. The van der Waals surface area contributed by atoms with Gasteiger partial charge in [-0.15, -0.1) is 0 Å². The van der Waals surface area contributed by atoms with E-state index in [0.717, 1.165) is 22.3 Å². The van der Waals surface area contributed by atoms with Crippen LogP contribution in [0.25, 0.3) is 11.3 Å². The van der Waals surface area contributed by atoms with Crippen LogP contribution in [0.2, 0.25) is 0 Å². The summed E-state index contributed by atoms with van der Waals surface area (Å²) in [5.41, 5.74) is 4.78. The van der Waals surface area contributed by atoms with Crippen LogP contribution in [0.15, 0.2) is 88.5 Å². The van der Waals surface area contributed by atoms with Gasteiger partial charge in [-0.25, -0.2) is 4.79 Å². The van der Waals surface area contributed by atoms with E-state index in [0.29, 0.717) is 23.7 Å². The first-order chi connectivity index (χ1) is 15.6. The fourth-order valence-electron chi connectivity index (χ4n) is 3.13. The van der Waals surface area contributed by atoms with E-state index >= 15 is 0 Å². The molecule has 0 amide bonds. The lowest BCUT2D eigenvalue weighted by atomic mass is 10.0. The second-order valence-corrected chi connectivity index (χ2v) is 7.32. The maximum absolute atomic E-state index is 12.3. The predicted octanol–water partition coefficient (Wildman–Crippen LogP) is 5.73. The minimum atomic E-state index is -0.704. The molecule has 0 atom stereocenters. The molecule has 32 heavy (non-hydrogen) atoms. The van der Waals surface area contributed by atoms with E-state index < -0.39 is 5.97 Å². The molecule has 0 spiro atoms. The lowest BCUT2D eigenvalue weighted by molar-refractivity contribution is 0.0507. The van der Waals surface area contributed by atoms with Gasteiger partial charge in [0.2, 0.25) is 0 Å². The maximum Gasteiger partial charge on any atom is 0.387 e. The monoisotopic (exact) mass is 426 g/mol. The van der Waals surface area contributed by atoms with Gasteiger partial charge in [-0.05, 0) is 43.2 Å². The topological polar surface area (TPSA) is 73.9 Å². The number of rotatable bonds is 7. The molecule has 0 aliphatic rings. The molecular formula is C26H22N2O4. The normalized spacial score (nSPS) is 10.9. The molecule has 0 saturated heterocycles. The number of aromatic nitrogens is 1. The first kappa shape index (κ1) is 21.1. The number of para-hydroxylation sites is 1. The SMILES string of the molecule is Cc1ccc(C)c(-c2cc(C(=O)O/N=C/c3ccccc3OCc3ccccc3)no2)c1. The minimum absolute atomic E-state index is 0.0478. The van der Waals surface area contributed by atoms with Crippen molar-refractivity contribution in [1.29, 1.82) is 0 Å². The number of aryl methyl sites for hydroxylation is 2. The molecule has 0 aliphatic carbocycles. The van der Waals surface area contributed by atoms with Crippen molar-refractivity contribution in [2.75, 3.05) is 0 Å². The third-order valence-electron chi connectivity index (χ3n) is 4.86. The molecule has 0 fully saturated rings. The lowest BCUT2D eigenvalue weighted by Crippen LogP contribution is -2.02. The zero-order valence-electron chi connectivity index (χ0n) is 17.8. The minimum Gasteiger partial charge on any atom is -0.488 e. The Hall–Kier alpha value is -4.19. The van der Waals surface area contributed by atoms with Gasteiger partial charge in [0.25, 0.3) is 0 Å². The van der Waals surface area contributed by atoms with E-state index in [9.17, 15) is 4.79 Å². The fourth-order valence-corrected chi connectivity index (χ4v) is 3.13. The second kappa shape index (κ2) is 9.75. The number of oxime groups is 1. The van der Waals surface area contributed by atoms with Crippen molar-refractivity contribution < 1.29 is 18.9 Å². The van der Waals surface area contributed by atoms with Crippen LogP contribution in [0.4, 0.5) is 0 Å². The van der Waals surface area contributed by atoms with Crippen molar-refractivity contribution in [2.45, 2.75) is 20.5 Å². The van der Waals surface area contributed by atoms with E-state index in [1.165, 1.54) is 6.21 Å². The van der Waals surface area contributed by atoms with Crippen molar-refractivity contribution >= 4 is 12.2 Å². The largest absolute Gasteiger partial charge is 0.488 e. The van der Waals surface area contributed by atoms with Crippen LogP contribution in [0.3, 0.4) is 0 Å². The van der Waals surface area contributed by atoms with Crippen LogP contribution in [-0.2, 0) is 11.4 Å². The Morgan fingerprint density at radius 3 is 2.62 bits per heavy atom. The Morgan fingerprint density at radius 1 is 1.00 bits per heavy atom. The summed E-state index contributed by atoms with van der Waals surface area (Å²) in [4.78, 5) is 17.3. The van der Waals surface area contributed by atoms with Crippen LogP contribution in [-0.4, -0.2) is 17.3 Å². The van der Waals surface area contributed by atoms with Crippen molar-refractivity contribution in [3.8, 4) is 17.1 Å². The smallest absolute Gasteiger partial charge is 0.387 e. The molecular weight excluding hydrogens is 404 g/mol. The molecule has 160 valence electrons. The zero-order chi connectivity index (χ0) is 22.3. The second-order valence-electron chi connectivity index (χ2n) is 7.32. The highest BCUT2D eigenvalue weighted by molar-refractivity contribution is 5.89. The molecule has 0 unspecified atom stereocenters. The number of carbonyl (C=O) groups is 1. The standard InChI is InChI=1S/C26H22N2O4/c1-18-12-13-19(2)22(14-18)25-15-23(28-31-25)26(29)32-27-16-21-10-6-7-11-24(21)30-17-20-8-4-3-5-9-20/h3-16H,17H2,1-2H3/b27-16+. The molecule has 0 aliphatic heterocycles. The van der Waals surface area contributed by atoms with E-state index in [2.05, 4.69) is 10.3 Å². The summed E-state index contributed by atoms with van der Waals surface area (Å²) in [7, 11) is 0. The van der Waals surface area contributed by atoms with Gasteiger partial charge in [-0.1, -0.05) is 70.5 Å². The van der Waals surface area contributed by atoms with Gasteiger partial charge in [0.1, 0.15) is 12.4 Å². The first-order valence-corrected chi connectivity index (χ1v) is 10.1. The van der Waals surface area contributed by atoms with Crippen molar-refractivity contribution in [3.63, 3.8) is 0 Å². The van der Waals surface area contributed by atoms with Gasteiger partial charge in [0, 0.05) is 17.2 Å². The Balaban J connectivity index is 1.41. The summed E-state index contributed by atoms with van der Waals surface area (Å²) < 4.78 is 11.2. The quantitative estimate of drug-likeness (QED) is 0.214. The van der Waals surface area contributed by atoms with E-state index in [-0.39, 0.29) is 5.69 Å². The molecule has 3 aromatic carbocycles. The summed E-state index contributed by atoms with van der Waals surface area (Å²) in [6, 6.07) is 24.8. The highest BCUT2D eigenvalue weighted by Gasteiger charge is 2.16. The molecule has 6 heteroatoms. The van der Waals surface area contributed by atoms with E-state index in [4.69, 9.17) is 14.1 Å². The average Bonchev–Trinajstić information content (AvgIpc) is 3.31. The fraction of sp³-hybridized carbons (Fsp3) is 0.115. The Bertz CT molecular complexity index is 1250. The first-order valence-electron chi connectivity index (χ1n) is 10.1. The highest BCUT2D eigenvalue weighted by Crippen LogP contribution is 2.25. The Morgan fingerprint density at radius 2 is 1.78 bits per heavy atom. The van der Waals surface area contributed by atoms with Crippen molar-refractivity contribution in [2.24, 2.45) is 5.16 Å².